The fourth-order valence-corrected chi connectivity index (χ4v) is 6.24. The van der Waals surface area contributed by atoms with Gasteiger partial charge in [-0.3, -0.25) is 9.69 Å². The van der Waals surface area contributed by atoms with Crippen LogP contribution in [0.25, 0.3) is 10.2 Å². The first-order chi connectivity index (χ1) is 13.9. The van der Waals surface area contributed by atoms with Crippen LogP contribution in [0.4, 0.5) is 5.13 Å². The number of sulfone groups is 1. The van der Waals surface area contributed by atoms with E-state index in [4.69, 9.17) is 0 Å². The van der Waals surface area contributed by atoms with Gasteiger partial charge in [0.1, 0.15) is 0 Å². The maximum atomic E-state index is 13.4. The van der Waals surface area contributed by atoms with Crippen molar-refractivity contribution >= 4 is 53.8 Å². The monoisotopic (exact) mass is 448 g/mol. The van der Waals surface area contributed by atoms with E-state index < -0.39 is 9.84 Å². The highest BCUT2D eigenvalue weighted by Crippen LogP contribution is 2.34. The Morgan fingerprint density at radius 2 is 2.00 bits per heavy atom. The summed E-state index contributed by atoms with van der Waals surface area (Å²) in [6.45, 7) is 0.592. The van der Waals surface area contributed by atoms with Gasteiger partial charge in [-0.15, -0.1) is 11.3 Å². The first-order valence-electron chi connectivity index (χ1n) is 9.86. The largest absolute Gasteiger partial charge is 0.287 e. The maximum Gasteiger partial charge on any atom is 0.231 e. The molecule has 0 spiro atoms. The average Bonchev–Trinajstić information content (AvgIpc) is 3.37. The Bertz CT molecular complexity index is 1100. The molecule has 8 heteroatoms. The van der Waals surface area contributed by atoms with Crippen molar-refractivity contribution in [2.24, 2.45) is 5.92 Å². The zero-order valence-electron chi connectivity index (χ0n) is 16.3. The quantitative estimate of drug-likeness (QED) is 0.537. The van der Waals surface area contributed by atoms with Crippen LogP contribution in [0, 0.1) is 5.92 Å². The summed E-state index contributed by atoms with van der Waals surface area (Å²) < 4.78 is 24.6. The highest BCUT2D eigenvalue weighted by molar-refractivity contribution is 7.90. The number of aromatic nitrogens is 1. The lowest BCUT2D eigenvalue weighted by molar-refractivity contribution is -0.123. The summed E-state index contributed by atoms with van der Waals surface area (Å²) in [6.07, 6.45) is 7.29. The molecule has 29 heavy (non-hydrogen) atoms. The number of carbonyl (C=O) groups is 1. The van der Waals surface area contributed by atoms with Gasteiger partial charge in [0.15, 0.2) is 15.0 Å². The van der Waals surface area contributed by atoms with Crippen molar-refractivity contribution in [3.63, 3.8) is 0 Å². The minimum atomic E-state index is -3.28. The van der Waals surface area contributed by atoms with E-state index in [0.717, 1.165) is 42.3 Å². The van der Waals surface area contributed by atoms with Gasteiger partial charge in [-0.25, -0.2) is 13.4 Å². The fourth-order valence-electron chi connectivity index (χ4n) is 3.79. The molecule has 0 unspecified atom stereocenters. The lowest BCUT2D eigenvalue weighted by atomic mass is 9.88. The van der Waals surface area contributed by atoms with Crippen LogP contribution >= 0.6 is 22.7 Å². The summed E-state index contributed by atoms with van der Waals surface area (Å²) in [4.78, 5) is 21.4. The van der Waals surface area contributed by atoms with Gasteiger partial charge >= 0.3 is 0 Å². The standard InChI is InChI=1S/C21H24N2O3S3/c1-29(25,26)17-9-10-18-19(14-17)28-21(22-18)23(12-11-16-8-5-13-27-16)20(24)15-6-3-2-4-7-15/h5,8-10,13-15H,2-4,6-7,11-12H2,1H3. The van der Waals surface area contributed by atoms with E-state index in [2.05, 4.69) is 11.1 Å². The van der Waals surface area contributed by atoms with Gasteiger partial charge in [0.05, 0.1) is 15.1 Å². The second-order valence-corrected chi connectivity index (χ2v) is 11.6. The summed E-state index contributed by atoms with van der Waals surface area (Å²) in [6, 6.07) is 9.09. The Kier molecular flexibility index (Phi) is 6.03. The molecule has 0 aliphatic heterocycles. The number of thiazole rings is 1. The van der Waals surface area contributed by atoms with Crippen molar-refractivity contribution in [1.29, 1.82) is 0 Å². The third-order valence-electron chi connectivity index (χ3n) is 5.39. The predicted octanol–water partition coefficient (Wildman–Crippen LogP) is 4.92. The van der Waals surface area contributed by atoms with Crippen LogP contribution in [-0.4, -0.2) is 32.1 Å². The van der Waals surface area contributed by atoms with E-state index >= 15 is 0 Å². The van der Waals surface area contributed by atoms with Crippen LogP contribution in [0.2, 0.25) is 0 Å². The Morgan fingerprint density at radius 3 is 2.69 bits per heavy atom. The van der Waals surface area contributed by atoms with Crippen LogP contribution in [0.15, 0.2) is 40.6 Å². The zero-order valence-corrected chi connectivity index (χ0v) is 18.8. The first-order valence-corrected chi connectivity index (χ1v) is 13.4. The number of amides is 1. The highest BCUT2D eigenvalue weighted by atomic mass is 32.2. The lowest BCUT2D eigenvalue weighted by Gasteiger charge is -2.27. The number of nitrogens with zero attached hydrogens (tertiary/aromatic N) is 2. The molecule has 1 aliphatic carbocycles. The molecule has 5 nitrogen and oxygen atoms in total. The molecule has 1 amide bonds. The van der Waals surface area contributed by atoms with E-state index in [-0.39, 0.29) is 16.7 Å². The number of thiophene rings is 1. The Labute approximate surface area is 179 Å². The van der Waals surface area contributed by atoms with E-state index in [1.807, 2.05) is 16.3 Å². The molecule has 154 valence electrons. The third kappa shape index (κ3) is 4.70. The molecule has 3 aromatic rings. The van der Waals surface area contributed by atoms with Crippen molar-refractivity contribution in [2.45, 2.75) is 43.4 Å². The summed E-state index contributed by atoms with van der Waals surface area (Å²) in [5.74, 6) is 0.217. The molecular formula is C21H24N2O3S3. The van der Waals surface area contributed by atoms with E-state index in [1.165, 1.54) is 28.9 Å². The van der Waals surface area contributed by atoms with Gasteiger partial charge in [0, 0.05) is 23.6 Å². The number of anilines is 1. The Morgan fingerprint density at radius 1 is 1.21 bits per heavy atom. The average molecular weight is 449 g/mol. The molecule has 1 aromatic carbocycles. The second-order valence-electron chi connectivity index (χ2n) is 7.55. The molecule has 0 N–H and O–H groups in total. The van der Waals surface area contributed by atoms with Gasteiger partial charge in [0.25, 0.3) is 0 Å². The first kappa shape index (κ1) is 20.5. The van der Waals surface area contributed by atoms with Gasteiger partial charge in [-0.2, -0.15) is 0 Å². The predicted molar refractivity (Wildman–Crippen MR) is 120 cm³/mol. The molecule has 4 rings (SSSR count). The molecule has 0 radical (unpaired) electrons. The summed E-state index contributed by atoms with van der Waals surface area (Å²) in [5.41, 5.74) is 0.731. The SMILES string of the molecule is CS(=O)(=O)c1ccc2nc(N(CCc3cccs3)C(=O)C3CCCCC3)sc2c1. The van der Waals surface area contributed by atoms with E-state index in [0.29, 0.717) is 11.7 Å². The normalized spacial score (nSPS) is 15.6. The van der Waals surface area contributed by atoms with Gasteiger partial charge in [-0.05, 0) is 48.9 Å². The molecule has 0 atom stereocenters. The number of benzene rings is 1. The van der Waals surface area contributed by atoms with Crippen LogP contribution < -0.4 is 4.90 Å². The third-order valence-corrected chi connectivity index (χ3v) is 8.48. The van der Waals surface area contributed by atoms with E-state index in [1.54, 1.807) is 29.5 Å². The second kappa shape index (κ2) is 8.53. The lowest BCUT2D eigenvalue weighted by Crippen LogP contribution is -2.38. The number of hydrogen-bond donors (Lipinski definition) is 0. The van der Waals surface area contributed by atoms with Gasteiger partial charge in [-0.1, -0.05) is 36.7 Å². The summed E-state index contributed by atoms with van der Waals surface area (Å²) >= 11 is 3.09. The molecule has 1 fully saturated rings. The smallest absolute Gasteiger partial charge is 0.231 e. The van der Waals surface area contributed by atoms with Crippen molar-refractivity contribution < 1.29 is 13.2 Å². The number of fused-ring (bicyclic) bond motifs is 1. The maximum absolute atomic E-state index is 13.4. The van der Waals surface area contributed by atoms with Gasteiger partial charge in [0.2, 0.25) is 5.91 Å². The Hall–Kier alpha value is -1.77. The van der Waals surface area contributed by atoms with Crippen molar-refractivity contribution in [2.75, 3.05) is 17.7 Å². The van der Waals surface area contributed by atoms with Crippen LogP contribution in [0.3, 0.4) is 0 Å². The molecule has 2 heterocycles. The zero-order chi connectivity index (χ0) is 20.4. The van der Waals surface area contributed by atoms with Crippen molar-refractivity contribution in [3.8, 4) is 0 Å². The summed E-state index contributed by atoms with van der Waals surface area (Å²) in [5, 5.41) is 2.71. The highest BCUT2D eigenvalue weighted by Gasteiger charge is 2.28. The number of carbonyl (C=O) groups excluding carboxylic acids is 1. The summed E-state index contributed by atoms with van der Waals surface area (Å²) in [7, 11) is -3.28. The van der Waals surface area contributed by atoms with E-state index in [9.17, 15) is 13.2 Å². The number of hydrogen-bond acceptors (Lipinski definition) is 6. The Balaban J connectivity index is 1.66. The van der Waals surface area contributed by atoms with Crippen molar-refractivity contribution in [3.05, 3.63) is 40.6 Å². The minimum absolute atomic E-state index is 0.0608. The molecule has 1 saturated carbocycles. The van der Waals surface area contributed by atoms with Gasteiger partial charge < -0.3 is 0 Å². The van der Waals surface area contributed by atoms with Crippen LogP contribution in [0.1, 0.15) is 37.0 Å². The topological polar surface area (TPSA) is 67.3 Å². The minimum Gasteiger partial charge on any atom is -0.287 e. The van der Waals surface area contributed by atoms with Crippen molar-refractivity contribution in [1.82, 2.24) is 4.98 Å². The molecule has 2 aromatic heterocycles. The van der Waals surface area contributed by atoms with Crippen LogP contribution in [-0.2, 0) is 21.1 Å². The molecule has 1 aliphatic rings. The fraction of sp³-hybridized carbons (Fsp3) is 0.429. The molecular weight excluding hydrogens is 424 g/mol. The molecule has 0 bridgehead atoms. The van der Waals surface area contributed by atoms with Crippen LogP contribution in [0.5, 0.6) is 0 Å². The number of rotatable bonds is 6. The molecule has 0 saturated heterocycles.